The van der Waals surface area contributed by atoms with Gasteiger partial charge in [-0.2, -0.15) is 0 Å². The van der Waals surface area contributed by atoms with Crippen LogP contribution in [0.15, 0.2) is 18.2 Å². The van der Waals surface area contributed by atoms with Gasteiger partial charge in [0.2, 0.25) is 0 Å². The fraction of sp³-hybridized carbons (Fsp3) is 0.600. The second-order valence-electron chi connectivity index (χ2n) is 5.34. The van der Waals surface area contributed by atoms with E-state index in [-0.39, 0.29) is 5.82 Å². The summed E-state index contributed by atoms with van der Waals surface area (Å²) in [7, 11) is 0. The van der Waals surface area contributed by atoms with Crippen LogP contribution in [0.4, 0.5) is 4.39 Å². The van der Waals surface area contributed by atoms with E-state index in [0.717, 1.165) is 12.8 Å². The van der Waals surface area contributed by atoms with Crippen LogP contribution < -0.4 is 0 Å². The third-order valence-electron chi connectivity index (χ3n) is 3.32. The maximum absolute atomic E-state index is 13.5. The second-order valence-corrected chi connectivity index (χ2v) is 5.34. The number of aliphatic hydroxyl groups is 1. The molecule has 1 aromatic carbocycles. The molecule has 0 bridgehead atoms. The molecule has 1 N–H and O–H groups in total. The minimum Gasteiger partial charge on any atom is -0.385 e. The molecule has 2 unspecified atom stereocenters. The molecule has 1 nitrogen and oxygen atoms in total. The molecule has 0 fully saturated rings. The molecule has 0 spiro atoms. The maximum atomic E-state index is 13.5. The summed E-state index contributed by atoms with van der Waals surface area (Å²) in [4.78, 5) is 0. The topological polar surface area (TPSA) is 20.2 Å². The van der Waals surface area contributed by atoms with E-state index in [1.54, 1.807) is 19.9 Å². The zero-order chi connectivity index (χ0) is 13.1. The quantitative estimate of drug-likeness (QED) is 0.816. The van der Waals surface area contributed by atoms with Gasteiger partial charge in [0, 0.05) is 0 Å². The zero-order valence-corrected chi connectivity index (χ0v) is 11.3. The summed E-state index contributed by atoms with van der Waals surface area (Å²) < 4.78 is 13.5. The Labute approximate surface area is 104 Å². The maximum Gasteiger partial charge on any atom is 0.126 e. The first-order valence-electron chi connectivity index (χ1n) is 6.36. The standard InChI is InChI=1S/C15H23FO/c1-5-6-11(2)10-15(4,17)13-8-7-12(3)14(16)9-13/h7-9,11,17H,5-6,10H2,1-4H3. The van der Waals surface area contributed by atoms with Gasteiger partial charge in [0.25, 0.3) is 0 Å². The van der Waals surface area contributed by atoms with Crippen LogP contribution >= 0.6 is 0 Å². The van der Waals surface area contributed by atoms with E-state index in [1.807, 2.05) is 6.07 Å². The van der Waals surface area contributed by atoms with E-state index in [9.17, 15) is 9.50 Å². The number of benzene rings is 1. The summed E-state index contributed by atoms with van der Waals surface area (Å²) in [6.45, 7) is 7.76. The van der Waals surface area contributed by atoms with E-state index in [0.29, 0.717) is 23.5 Å². The van der Waals surface area contributed by atoms with Crippen molar-refractivity contribution in [2.24, 2.45) is 5.92 Å². The van der Waals surface area contributed by atoms with E-state index < -0.39 is 5.60 Å². The van der Waals surface area contributed by atoms with Gasteiger partial charge < -0.3 is 5.11 Å². The van der Waals surface area contributed by atoms with Gasteiger partial charge in [0.05, 0.1) is 5.60 Å². The molecule has 0 aromatic heterocycles. The lowest BCUT2D eigenvalue weighted by atomic mass is 9.85. The first-order valence-corrected chi connectivity index (χ1v) is 6.36. The van der Waals surface area contributed by atoms with Crippen LogP contribution in [0.5, 0.6) is 0 Å². The predicted octanol–water partition coefficient (Wildman–Crippen LogP) is 4.17. The van der Waals surface area contributed by atoms with Crippen LogP contribution in [0.1, 0.15) is 51.2 Å². The van der Waals surface area contributed by atoms with Crippen molar-refractivity contribution < 1.29 is 9.50 Å². The van der Waals surface area contributed by atoms with Gasteiger partial charge in [0.1, 0.15) is 5.82 Å². The molecule has 2 heteroatoms. The summed E-state index contributed by atoms with van der Waals surface area (Å²) in [6.07, 6.45) is 2.87. The average Bonchev–Trinajstić information content (AvgIpc) is 2.21. The Morgan fingerprint density at radius 2 is 2.06 bits per heavy atom. The van der Waals surface area contributed by atoms with Crippen LogP contribution in [0.25, 0.3) is 0 Å². The molecule has 1 rings (SSSR count). The number of rotatable bonds is 5. The Morgan fingerprint density at radius 1 is 1.41 bits per heavy atom. The SMILES string of the molecule is CCCC(C)CC(C)(O)c1ccc(C)c(F)c1. The van der Waals surface area contributed by atoms with E-state index >= 15 is 0 Å². The molecule has 0 radical (unpaired) electrons. The van der Waals surface area contributed by atoms with Crippen LogP contribution in [0, 0.1) is 18.7 Å². The highest BCUT2D eigenvalue weighted by Gasteiger charge is 2.26. The first kappa shape index (κ1) is 14.2. The highest BCUT2D eigenvalue weighted by Crippen LogP contribution is 2.30. The van der Waals surface area contributed by atoms with E-state index in [2.05, 4.69) is 13.8 Å². The molecular weight excluding hydrogens is 215 g/mol. The molecule has 0 saturated heterocycles. The van der Waals surface area contributed by atoms with E-state index in [1.165, 1.54) is 6.07 Å². The predicted molar refractivity (Wildman–Crippen MR) is 69.4 cm³/mol. The van der Waals surface area contributed by atoms with Gasteiger partial charge in [-0.3, -0.25) is 0 Å². The highest BCUT2D eigenvalue weighted by molar-refractivity contribution is 5.27. The zero-order valence-electron chi connectivity index (χ0n) is 11.3. The van der Waals surface area contributed by atoms with Crippen molar-refractivity contribution in [3.05, 3.63) is 35.1 Å². The third kappa shape index (κ3) is 3.81. The monoisotopic (exact) mass is 238 g/mol. The summed E-state index contributed by atoms with van der Waals surface area (Å²) in [6, 6.07) is 4.99. The van der Waals surface area contributed by atoms with Crippen molar-refractivity contribution in [2.75, 3.05) is 0 Å². The van der Waals surface area contributed by atoms with E-state index in [4.69, 9.17) is 0 Å². The highest BCUT2D eigenvalue weighted by atomic mass is 19.1. The molecule has 96 valence electrons. The summed E-state index contributed by atoms with van der Waals surface area (Å²) in [5.41, 5.74) is 0.345. The molecular formula is C15H23FO. The van der Waals surface area contributed by atoms with Crippen molar-refractivity contribution in [3.63, 3.8) is 0 Å². The Balaban J connectivity index is 2.84. The lowest BCUT2D eigenvalue weighted by Crippen LogP contribution is -2.24. The Kier molecular flexibility index (Phi) is 4.70. The van der Waals surface area contributed by atoms with Gasteiger partial charge in [-0.05, 0) is 43.4 Å². The van der Waals surface area contributed by atoms with Crippen molar-refractivity contribution in [2.45, 2.75) is 52.6 Å². The number of aryl methyl sites for hydroxylation is 1. The largest absolute Gasteiger partial charge is 0.385 e. The summed E-state index contributed by atoms with van der Waals surface area (Å²) in [5, 5.41) is 10.4. The normalized spacial score (nSPS) is 16.6. The van der Waals surface area contributed by atoms with Gasteiger partial charge in [-0.15, -0.1) is 0 Å². The molecule has 2 atom stereocenters. The lowest BCUT2D eigenvalue weighted by Gasteiger charge is -2.27. The van der Waals surface area contributed by atoms with Crippen LogP contribution in [0.3, 0.4) is 0 Å². The van der Waals surface area contributed by atoms with Crippen molar-refractivity contribution in [1.82, 2.24) is 0 Å². The number of hydrogen-bond donors (Lipinski definition) is 1. The van der Waals surface area contributed by atoms with Crippen molar-refractivity contribution in [1.29, 1.82) is 0 Å². The van der Waals surface area contributed by atoms with Gasteiger partial charge in [-0.1, -0.05) is 38.8 Å². The Bertz CT molecular complexity index is 371. The molecule has 0 saturated carbocycles. The number of hydrogen-bond acceptors (Lipinski definition) is 1. The molecule has 0 heterocycles. The van der Waals surface area contributed by atoms with Gasteiger partial charge in [0.15, 0.2) is 0 Å². The fourth-order valence-electron chi connectivity index (χ4n) is 2.32. The molecule has 0 aliphatic heterocycles. The Hall–Kier alpha value is -0.890. The molecule has 17 heavy (non-hydrogen) atoms. The van der Waals surface area contributed by atoms with Gasteiger partial charge in [-0.25, -0.2) is 4.39 Å². The summed E-state index contributed by atoms with van der Waals surface area (Å²) >= 11 is 0. The summed E-state index contributed by atoms with van der Waals surface area (Å²) in [5.74, 6) is 0.199. The Morgan fingerprint density at radius 3 is 2.59 bits per heavy atom. The van der Waals surface area contributed by atoms with Crippen LogP contribution in [-0.4, -0.2) is 5.11 Å². The van der Waals surface area contributed by atoms with Gasteiger partial charge >= 0.3 is 0 Å². The van der Waals surface area contributed by atoms with Crippen molar-refractivity contribution >= 4 is 0 Å². The minimum atomic E-state index is -0.941. The van der Waals surface area contributed by atoms with Crippen molar-refractivity contribution in [3.8, 4) is 0 Å². The smallest absolute Gasteiger partial charge is 0.126 e. The molecule has 1 aromatic rings. The molecule has 0 aliphatic carbocycles. The van der Waals surface area contributed by atoms with Crippen LogP contribution in [-0.2, 0) is 5.60 Å². The first-order chi connectivity index (χ1) is 7.86. The fourth-order valence-corrected chi connectivity index (χ4v) is 2.32. The third-order valence-corrected chi connectivity index (χ3v) is 3.32. The second kappa shape index (κ2) is 5.63. The average molecular weight is 238 g/mol. The molecule has 0 amide bonds. The minimum absolute atomic E-state index is 0.245. The molecule has 0 aliphatic rings. The number of halogens is 1. The lowest BCUT2D eigenvalue weighted by molar-refractivity contribution is 0.0308. The van der Waals surface area contributed by atoms with Crippen LogP contribution in [0.2, 0.25) is 0 Å².